The standard InChI is InChI=1S/C29H31N3O4/c1-4-35-25-17-23-24(18-26(25)36-5-2)32-29(34)27(23)28(21-9-7-6-8-10-21)31-22-13-11-20(12-14-22)15-16-30-19(3)33/h6-14,17-18,32,34H,4-5,15-16H2,1-3H3,(H,30,33). The predicted octanol–water partition coefficient (Wildman–Crippen LogP) is 5.52. The largest absolute Gasteiger partial charge is 0.494 e. The molecule has 4 aromatic rings. The first-order valence-corrected chi connectivity index (χ1v) is 12.1. The van der Waals surface area contributed by atoms with E-state index in [4.69, 9.17) is 14.5 Å². The number of aromatic amines is 1. The summed E-state index contributed by atoms with van der Waals surface area (Å²) in [6, 6.07) is 21.4. The summed E-state index contributed by atoms with van der Waals surface area (Å²) < 4.78 is 11.6. The van der Waals surface area contributed by atoms with E-state index < -0.39 is 0 Å². The Balaban J connectivity index is 1.79. The van der Waals surface area contributed by atoms with Crippen LogP contribution in [0.1, 0.15) is 37.5 Å². The Bertz CT molecular complexity index is 1360. The molecule has 0 saturated heterocycles. The second kappa shape index (κ2) is 11.4. The highest BCUT2D eigenvalue weighted by Crippen LogP contribution is 2.38. The lowest BCUT2D eigenvalue weighted by molar-refractivity contribution is -0.118. The minimum absolute atomic E-state index is 0.0237. The van der Waals surface area contributed by atoms with E-state index >= 15 is 0 Å². The highest BCUT2D eigenvalue weighted by atomic mass is 16.5. The van der Waals surface area contributed by atoms with Crippen LogP contribution in [0, 0.1) is 0 Å². The minimum Gasteiger partial charge on any atom is -0.494 e. The van der Waals surface area contributed by atoms with Crippen LogP contribution in [0.3, 0.4) is 0 Å². The van der Waals surface area contributed by atoms with Crippen LogP contribution in [0.2, 0.25) is 0 Å². The lowest BCUT2D eigenvalue weighted by Gasteiger charge is -2.12. The maximum Gasteiger partial charge on any atom is 0.216 e. The van der Waals surface area contributed by atoms with E-state index in [2.05, 4.69) is 10.3 Å². The van der Waals surface area contributed by atoms with Gasteiger partial charge < -0.3 is 24.9 Å². The number of ether oxygens (including phenoxy) is 2. The number of amides is 1. The first-order valence-electron chi connectivity index (χ1n) is 12.1. The molecule has 3 aromatic carbocycles. The van der Waals surface area contributed by atoms with Crippen LogP contribution in [-0.2, 0) is 11.2 Å². The van der Waals surface area contributed by atoms with Crippen LogP contribution in [-0.4, -0.2) is 41.5 Å². The summed E-state index contributed by atoms with van der Waals surface area (Å²) in [7, 11) is 0. The summed E-state index contributed by atoms with van der Waals surface area (Å²) in [5.74, 6) is 1.22. The molecular weight excluding hydrogens is 454 g/mol. The average Bonchev–Trinajstić information content (AvgIpc) is 3.18. The number of aromatic hydroxyl groups is 1. The fourth-order valence-corrected chi connectivity index (χ4v) is 4.07. The van der Waals surface area contributed by atoms with Crippen molar-refractivity contribution in [1.29, 1.82) is 0 Å². The van der Waals surface area contributed by atoms with Crippen molar-refractivity contribution < 1.29 is 19.4 Å². The van der Waals surface area contributed by atoms with Crippen molar-refractivity contribution in [3.8, 4) is 17.4 Å². The predicted molar refractivity (Wildman–Crippen MR) is 143 cm³/mol. The van der Waals surface area contributed by atoms with Gasteiger partial charge in [0.15, 0.2) is 17.4 Å². The fourth-order valence-electron chi connectivity index (χ4n) is 4.07. The van der Waals surface area contributed by atoms with Gasteiger partial charge in [0.25, 0.3) is 0 Å². The first kappa shape index (κ1) is 24.9. The van der Waals surface area contributed by atoms with Gasteiger partial charge in [-0.3, -0.25) is 4.79 Å². The summed E-state index contributed by atoms with van der Waals surface area (Å²) in [6.07, 6.45) is 0.737. The Morgan fingerprint density at radius 3 is 2.28 bits per heavy atom. The number of rotatable bonds is 10. The summed E-state index contributed by atoms with van der Waals surface area (Å²) in [5.41, 5.74) is 4.68. The molecule has 186 valence electrons. The molecule has 1 heterocycles. The van der Waals surface area contributed by atoms with Crippen LogP contribution < -0.4 is 14.8 Å². The highest BCUT2D eigenvalue weighted by Gasteiger charge is 2.21. The Kier molecular flexibility index (Phi) is 7.90. The number of aromatic nitrogens is 1. The van der Waals surface area contributed by atoms with Gasteiger partial charge in [-0.05, 0) is 44.0 Å². The second-order valence-electron chi connectivity index (χ2n) is 8.29. The van der Waals surface area contributed by atoms with E-state index in [1.807, 2.05) is 80.6 Å². The monoisotopic (exact) mass is 485 g/mol. The number of aliphatic imine (C=N–C) groups is 1. The number of benzene rings is 3. The van der Waals surface area contributed by atoms with E-state index in [9.17, 15) is 9.90 Å². The molecule has 0 fully saturated rings. The zero-order chi connectivity index (χ0) is 25.5. The van der Waals surface area contributed by atoms with Crippen molar-refractivity contribution in [2.45, 2.75) is 27.2 Å². The van der Waals surface area contributed by atoms with Crippen LogP contribution in [0.25, 0.3) is 10.9 Å². The van der Waals surface area contributed by atoms with Crippen LogP contribution in [0.5, 0.6) is 17.4 Å². The number of carbonyl (C=O) groups excluding carboxylic acids is 1. The van der Waals surface area contributed by atoms with Gasteiger partial charge in [0, 0.05) is 30.5 Å². The molecule has 0 aliphatic rings. The number of nitrogens with zero attached hydrogens (tertiary/aromatic N) is 1. The van der Waals surface area contributed by atoms with Gasteiger partial charge in [-0.1, -0.05) is 42.5 Å². The Morgan fingerprint density at radius 2 is 1.64 bits per heavy atom. The summed E-state index contributed by atoms with van der Waals surface area (Å²) in [4.78, 5) is 19.2. The normalized spacial score (nSPS) is 11.5. The zero-order valence-electron chi connectivity index (χ0n) is 20.8. The van der Waals surface area contributed by atoms with Gasteiger partial charge >= 0.3 is 0 Å². The molecule has 0 unspecified atom stereocenters. The summed E-state index contributed by atoms with van der Waals surface area (Å²) in [6.45, 7) is 6.93. The third-order valence-corrected chi connectivity index (χ3v) is 5.69. The fraction of sp³-hybridized carbons (Fsp3) is 0.241. The molecule has 7 nitrogen and oxygen atoms in total. The van der Waals surface area contributed by atoms with Crippen molar-refractivity contribution in [3.05, 3.63) is 83.4 Å². The lowest BCUT2D eigenvalue weighted by atomic mass is 10.0. The third-order valence-electron chi connectivity index (χ3n) is 5.69. The molecule has 3 N–H and O–H groups in total. The first-order chi connectivity index (χ1) is 17.5. The molecule has 0 atom stereocenters. The van der Waals surface area contributed by atoms with Crippen LogP contribution in [0.4, 0.5) is 5.69 Å². The van der Waals surface area contributed by atoms with Crippen molar-refractivity contribution >= 4 is 28.2 Å². The van der Waals surface area contributed by atoms with E-state index in [1.54, 1.807) is 0 Å². The Labute approximate surface area is 210 Å². The van der Waals surface area contributed by atoms with Gasteiger partial charge in [0.05, 0.1) is 35.7 Å². The smallest absolute Gasteiger partial charge is 0.216 e. The zero-order valence-corrected chi connectivity index (χ0v) is 20.8. The third kappa shape index (κ3) is 5.68. The molecule has 0 saturated carbocycles. The number of carbonyl (C=O) groups is 1. The van der Waals surface area contributed by atoms with Crippen molar-refractivity contribution in [2.75, 3.05) is 19.8 Å². The lowest BCUT2D eigenvalue weighted by Crippen LogP contribution is -2.22. The van der Waals surface area contributed by atoms with Gasteiger partial charge in [-0.2, -0.15) is 0 Å². The summed E-state index contributed by atoms with van der Waals surface area (Å²) >= 11 is 0. The van der Waals surface area contributed by atoms with Crippen molar-refractivity contribution in [1.82, 2.24) is 10.3 Å². The summed E-state index contributed by atoms with van der Waals surface area (Å²) in [5, 5.41) is 14.6. The molecular formula is C29H31N3O4. The van der Waals surface area contributed by atoms with Crippen LogP contribution >= 0.6 is 0 Å². The molecule has 4 rings (SSSR count). The van der Waals surface area contributed by atoms with Gasteiger partial charge in [0.1, 0.15) is 0 Å². The van der Waals surface area contributed by atoms with Crippen LogP contribution in [0.15, 0.2) is 71.7 Å². The molecule has 36 heavy (non-hydrogen) atoms. The second-order valence-corrected chi connectivity index (χ2v) is 8.29. The molecule has 0 spiro atoms. The topological polar surface area (TPSA) is 95.9 Å². The quantitative estimate of drug-likeness (QED) is 0.258. The van der Waals surface area contributed by atoms with Gasteiger partial charge in [-0.25, -0.2) is 4.99 Å². The Morgan fingerprint density at radius 1 is 0.972 bits per heavy atom. The van der Waals surface area contributed by atoms with Crippen molar-refractivity contribution in [2.24, 2.45) is 4.99 Å². The van der Waals surface area contributed by atoms with E-state index in [0.717, 1.165) is 34.1 Å². The molecule has 0 aliphatic heterocycles. The SMILES string of the molecule is CCOc1cc2[nH]c(O)c(C(=Nc3ccc(CCNC(C)=O)cc3)c3ccccc3)c2cc1OCC. The number of H-pyrrole nitrogens is 1. The molecule has 0 radical (unpaired) electrons. The molecule has 1 aromatic heterocycles. The minimum atomic E-state index is -0.0388. The van der Waals surface area contributed by atoms with Crippen molar-refractivity contribution in [3.63, 3.8) is 0 Å². The molecule has 0 bridgehead atoms. The number of fused-ring (bicyclic) bond motifs is 1. The maximum atomic E-state index is 11.1. The highest BCUT2D eigenvalue weighted by molar-refractivity contribution is 6.22. The molecule has 7 heteroatoms. The maximum absolute atomic E-state index is 11.1. The van der Waals surface area contributed by atoms with E-state index in [0.29, 0.717) is 42.5 Å². The number of hydrogen-bond acceptors (Lipinski definition) is 5. The molecule has 0 aliphatic carbocycles. The Hall–Kier alpha value is -4.26. The van der Waals surface area contributed by atoms with Gasteiger partial charge in [0.2, 0.25) is 5.91 Å². The number of nitrogens with one attached hydrogen (secondary N) is 2. The van der Waals surface area contributed by atoms with E-state index in [-0.39, 0.29) is 11.8 Å². The molecule has 1 amide bonds. The van der Waals surface area contributed by atoms with Gasteiger partial charge in [-0.15, -0.1) is 0 Å². The number of hydrogen-bond donors (Lipinski definition) is 3. The van der Waals surface area contributed by atoms with E-state index in [1.165, 1.54) is 6.92 Å². The average molecular weight is 486 g/mol.